The van der Waals surface area contributed by atoms with Gasteiger partial charge in [0.2, 0.25) is 0 Å². The van der Waals surface area contributed by atoms with Crippen molar-refractivity contribution >= 4 is 11.7 Å². The molecule has 2 aromatic heterocycles. The minimum absolute atomic E-state index is 0.233. The number of hydrogen-bond acceptors (Lipinski definition) is 5. The maximum absolute atomic E-state index is 12.4. The number of carbonyl (C=O) groups excluding carboxylic acids is 1. The number of rotatable bonds is 3. The van der Waals surface area contributed by atoms with Crippen LogP contribution in [0.1, 0.15) is 21.6 Å². The monoisotopic (exact) mass is 330 g/mol. The molecular formula is C18H14N6O. The summed E-state index contributed by atoms with van der Waals surface area (Å²) in [5.74, 6) is 0.269. The van der Waals surface area contributed by atoms with E-state index in [1.165, 1.54) is 0 Å². The molecule has 0 spiro atoms. The van der Waals surface area contributed by atoms with Crippen LogP contribution >= 0.6 is 0 Å². The first-order chi connectivity index (χ1) is 12.2. The minimum Gasteiger partial charge on any atom is -0.307 e. The Morgan fingerprint density at radius 3 is 2.92 bits per heavy atom. The first kappa shape index (κ1) is 14.9. The molecule has 0 saturated heterocycles. The lowest BCUT2D eigenvalue weighted by Crippen LogP contribution is -2.14. The van der Waals surface area contributed by atoms with Gasteiger partial charge in [-0.15, -0.1) is 0 Å². The highest BCUT2D eigenvalue weighted by molar-refractivity contribution is 6.04. The molecule has 0 saturated carbocycles. The van der Waals surface area contributed by atoms with Crippen LogP contribution in [0.25, 0.3) is 5.69 Å². The Morgan fingerprint density at radius 2 is 2.12 bits per heavy atom. The fourth-order valence-corrected chi connectivity index (χ4v) is 2.85. The van der Waals surface area contributed by atoms with Gasteiger partial charge in [-0.05, 0) is 30.3 Å². The van der Waals surface area contributed by atoms with Gasteiger partial charge in [0.15, 0.2) is 6.19 Å². The Balaban J connectivity index is 1.61. The van der Waals surface area contributed by atoms with E-state index in [1.807, 2.05) is 18.2 Å². The molecule has 0 unspecified atom stereocenters. The van der Waals surface area contributed by atoms with Crippen molar-refractivity contribution in [1.82, 2.24) is 19.7 Å². The van der Waals surface area contributed by atoms with Crippen LogP contribution in [-0.4, -0.2) is 25.6 Å². The van der Waals surface area contributed by atoms with E-state index in [2.05, 4.69) is 21.6 Å². The summed E-state index contributed by atoms with van der Waals surface area (Å²) in [5.41, 5.74) is 3.31. The highest BCUT2D eigenvalue weighted by Crippen LogP contribution is 2.24. The second kappa shape index (κ2) is 6.09. The largest absolute Gasteiger partial charge is 0.307 e. The maximum atomic E-state index is 12.4. The van der Waals surface area contributed by atoms with E-state index in [9.17, 15) is 4.79 Å². The van der Waals surface area contributed by atoms with Crippen LogP contribution in [0.15, 0.2) is 54.9 Å². The molecule has 0 atom stereocenters. The van der Waals surface area contributed by atoms with Crippen LogP contribution in [0.5, 0.6) is 0 Å². The molecule has 1 N–H and O–H groups in total. The molecule has 4 rings (SSSR count). The molecule has 3 aromatic rings. The zero-order valence-corrected chi connectivity index (χ0v) is 13.3. The summed E-state index contributed by atoms with van der Waals surface area (Å²) >= 11 is 0. The van der Waals surface area contributed by atoms with Crippen molar-refractivity contribution in [3.63, 3.8) is 0 Å². The van der Waals surface area contributed by atoms with Crippen molar-refractivity contribution in [1.29, 1.82) is 5.26 Å². The van der Waals surface area contributed by atoms with Gasteiger partial charge in [0.25, 0.3) is 5.91 Å². The van der Waals surface area contributed by atoms with E-state index in [0.717, 1.165) is 16.9 Å². The van der Waals surface area contributed by atoms with Crippen LogP contribution in [0.4, 0.5) is 5.82 Å². The molecule has 25 heavy (non-hydrogen) atoms. The smallest absolute Gasteiger partial charge is 0.256 e. The van der Waals surface area contributed by atoms with E-state index in [4.69, 9.17) is 5.26 Å². The van der Waals surface area contributed by atoms with E-state index in [1.54, 1.807) is 46.2 Å². The predicted molar refractivity (Wildman–Crippen MR) is 90.6 cm³/mol. The summed E-state index contributed by atoms with van der Waals surface area (Å²) in [6.45, 7) is 1.10. The molecule has 1 amide bonds. The number of nitriles is 1. The van der Waals surface area contributed by atoms with E-state index < -0.39 is 0 Å². The van der Waals surface area contributed by atoms with E-state index in [-0.39, 0.29) is 5.91 Å². The molecule has 7 heteroatoms. The number of pyridine rings is 1. The fourth-order valence-electron chi connectivity index (χ4n) is 2.85. The molecule has 1 aliphatic heterocycles. The number of aromatic nitrogens is 3. The Bertz CT molecular complexity index is 973. The van der Waals surface area contributed by atoms with Gasteiger partial charge in [-0.2, -0.15) is 10.4 Å². The van der Waals surface area contributed by atoms with Crippen LogP contribution in [0, 0.1) is 11.5 Å². The Kier molecular flexibility index (Phi) is 3.63. The number of carbonyl (C=O) groups is 1. The van der Waals surface area contributed by atoms with Gasteiger partial charge in [0.1, 0.15) is 5.82 Å². The third-order valence-corrected chi connectivity index (χ3v) is 4.06. The van der Waals surface area contributed by atoms with Crippen LogP contribution < -0.4 is 5.32 Å². The molecular weight excluding hydrogens is 316 g/mol. The molecule has 7 nitrogen and oxygen atoms in total. The van der Waals surface area contributed by atoms with Gasteiger partial charge >= 0.3 is 0 Å². The van der Waals surface area contributed by atoms with Gasteiger partial charge in [-0.3, -0.25) is 4.79 Å². The zero-order chi connectivity index (χ0) is 17.2. The van der Waals surface area contributed by atoms with Gasteiger partial charge < -0.3 is 10.2 Å². The molecule has 0 fully saturated rings. The van der Waals surface area contributed by atoms with Crippen LogP contribution in [0.3, 0.4) is 0 Å². The van der Waals surface area contributed by atoms with E-state index in [0.29, 0.717) is 24.5 Å². The van der Waals surface area contributed by atoms with Crippen LogP contribution in [0.2, 0.25) is 0 Å². The van der Waals surface area contributed by atoms with Gasteiger partial charge in [-0.25, -0.2) is 9.67 Å². The molecule has 0 radical (unpaired) electrons. The third-order valence-electron chi connectivity index (χ3n) is 4.06. The number of anilines is 1. The summed E-state index contributed by atoms with van der Waals surface area (Å²) in [6, 6.07) is 12.6. The first-order valence-electron chi connectivity index (χ1n) is 7.78. The molecule has 0 bridgehead atoms. The Hall–Kier alpha value is -3.66. The highest BCUT2D eigenvalue weighted by atomic mass is 16.1. The van der Waals surface area contributed by atoms with Crippen LogP contribution in [-0.2, 0) is 13.1 Å². The van der Waals surface area contributed by atoms with Crippen molar-refractivity contribution in [2.75, 3.05) is 5.32 Å². The van der Waals surface area contributed by atoms with Gasteiger partial charge in [0, 0.05) is 17.3 Å². The second-order valence-electron chi connectivity index (χ2n) is 5.70. The lowest BCUT2D eigenvalue weighted by Gasteiger charge is -2.10. The lowest BCUT2D eigenvalue weighted by atomic mass is 10.2. The fraction of sp³-hybridized carbons (Fsp3) is 0.111. The van der Waals surface area contributed by atoms with Crippen molar-refractivity contribution < 1.29 is 4.79 Å². The van der Waals surface area contributed by atoms with Crippen molar-refractivity contribution in [3.05, 3.63) is 71.7 Å². The summed E-state index contributed by atoms with van der Waals surface area (Å²) in [4.78, 5) is 18.2. The number of benzene rings is 1. The minimum atomic E-state index is -0.233. The summed E-state index contributed by atoms with van der Waals surface area (Å²) in [6.07, 6.45) is 5.55. The maximum Gasteiger partial charge on any atom is 0.256 e. The van der Waals surface area contributed by atoms with Gasteiger partial charge in [-0.1, -0.05) is 12.1 Å². The SMILES string of the molecule is N#CN1Cc2cnn(-c3cccc(C(=O)Nc4ccccn4)c3)c2C1. The number of fused-ring (bicyclic) bond motifs is 1. The summed E-state index contributed by atoms with van der Waals surface area (Å²) < 4.78 is 1.78. The molecule has 0 aliphatic carbocycles. The van der Waals surface area contributed by atoms with E-state index >= 15 is 0 Å². The average Bonchev–Trinajstić information content (AvgIpc) is 3.23. The number of nitrogens with one attached hydrogen (secondary N) is 1. The Morgan fingerprint density at radius 1 is 1.20 bits per heavy atom. The summed E-state index contributed by atoms with van der Waals surface area (Å²) in [7, 11) is 0. The first-order valence-corrected chi connectivity index (χ1v) is 7.78. The predicted octanol–water partition coefficient (Wildman–Crippen LogP) is 2.32. The highest BCUT2D eigenvalue weighted by Gasteiger charge is 2.23. The topological polar surface area (TPSA) is 86.8 Å². The second-order valence-corrected chi connectivity index (χ2v) is 5.70. The van der Waals surface area contributed by atoms with Gasteiger partial charge in [0.05, 0.1) is 30.7 Å². The summed E-state index contributed by atoms with van der Waals surface area (Å²) in [5, 5.41) is 16.2. The lowest BCUT2D eigenvalue weighted by molar-refractivity contribution is 0.102. The van der Waals surface area contributed by atoms with Crippen molar-refractivity contribution in [2.45, 2.75) is 13.1 Å². The quantitative estimate of drug-likeness (QED) is 0.745. The zero-order valence-electron chi connectivity index (χ0n) is 13.3. The molecule has 3 heterocycles. The number of nitrogens with zero attached hydrogens (tertiary/aromatic N) is 5. The molecule has 1 aliphatic rings. The van der Waals surface area contributed by atoms with Crippen molar-refractivity contribution in [3.8, 4) is 11.9 Å². The third kappa shape index (κ3) is 2.81. The Labute approximate surface area is 144 Å². The number of amides is 1. The normalized spacial score (nSPS) is 12.5. The standard InChI is InChI=1S/C18H14N6O/c19-12-23-10-14-9-21-24(16(14)11-23)15-5-3-4-13(8-15)18(25)22-17-6-1-2-7-20-17/h1-9H,10-11H2,(H,20,22,25). The number of hydrogen-bond donors (Lipinski definition) is 1. The molecule has 1 aromatic carbocycles. The average molecular weight is 330 g/mol. The van der Waals surface area contributed by atoms with Crippen molar-refractivity contribution in [2.24, 2.45) is 0 Å². The molecule has 122 valence electrons.